The van der Waals surface area contributed by atoms with Crippen LogP contribution in [0.25, 0.3) is 0 Å². The number of nitrogens with zero attached hydrogens (tertiary/aromatic N) is 2. The second-order valence-electron chi connectivity index (χ2n) is 2.59. The molecule has 1 atom stereocenters. The van der Waals surface area contributed by atoms with E-state index in [0.29, 0.717) is 0 Å². The molecule has 78 valence electrons. The fraction of sp³-hybridized carbons (Fsp3) is 0.429. The minimum Gasteiger partial charge on any atom is -0.394 e. The Hall–Kier alpha value is -1.21. The molecule has 0 radical (unpaired) electrons. The topological polar surface area (TPSA) is 72.0 Å². The maximum absolute atomic E-state index is 12.1. The first-order valence-electron chi connectivity index (χ1n) is 3.71. The number of hydrogen-bond acceptors (Lipinski definition) is 4. The third-order valence-corrected chi connectivity index (χ3v) is 1.49. The molecule has 0 spiro atoms. The third kappa shape index (κ3) is 2.39. The van der Waals surface area contributed by atoms with Crippen LogP contribution >= 0.6 is 0 Å². The van der Waals surface area contributed by atoms with E-state index in [2.05, 4.69) is 9.97 Å². The first kappa shape index (κ1) is 10.9. The molecule has 1 rings (SSSR count). The van der Waals surface area contributed by atoms with E-state index in [9.17, 15) is 13.2 Å². The molecule has 0 fully saturated rings. The molecular formula is C7H8F3N3O. The van der Waals surface area contributed by atoms with E-state index >= 15 is 0 Å². The second kappa shape index (κ2) is 3.89. The van der Waals surface area contributed by atoms with Crippen molar-refractivity contribution >= 4 is 0 Å². The summed E-state index contributed by atoms with van der Waals surface area (Å²) in [6, 6.07) is -0.245. The van der Waals surface area contributed by atoms with E-state index < -0.39 is 24.5 Å². The predicted molar refractivity (Wildman–Crippen MR) is 41.0 cm³/mol. The van der Waals surface area contributed by atoms with Crippen molar-refractivity contribution in [1.29, 1.82) is 0 Å². The van der Waals surface area contributed by atoms with Crippen LogP contribution in [-0.2, 0) is 6.18 Å². The number of nitrogens with two attached hydrogens (primary N) is 1. The largest absolute Gasteiger partial charge is 0.433 e. The summed E-state index contributed by atoms with van der Waals surface area (Å²) < 4.78 is 36.4. The van der Waals surface area contributed by atoms with E-state index in [1.54, 1.807) is 0 Å². The van der Waals surface area contributed by atoms with Gasteiger partial charge in [-0.15, -0.1) is 0 Å². The van der Waals surface area contributed by atoms with Gasteiger partial charge in [-0.2, -0.15) is 13.2 Å². The van der Waals surface area contributed by atoms with Crippen molar-refractivity contribution in [3.8, 4) is 0 Å². The number of aromatic nitrogens is 2. The highest BCUT2D eigenvalue weighted by Gasteiger charge is 2.33. The SMILES string of the molecule is NC(CO)c1nccc(C(F)(F)F)n1. The quantitative estimate of drug-likeness (QED) is 0.740. The fourth-order valence-electron chi connectivity index (χ4n) is 0.792. The number of rotatable bonds is 2. The van der Waals surface area contributed by atoms with Gasteiger partial charge in [-0.25, -0.2) is 9.97 Å². The maximum Gasteiger partial charge on any atom is 0.433 e. The Kier molecular flexibility index (Phi) is 3.02. The van der Waals surface area contributed by atoms with Gasteiger partial charge >= 0.3 is 6.18 Å². The highest BCUT2D eigenvalue weighted by atomic mass is 19.4. The summed E-state index contributed by atoms with van der Waals surface area (Å²) in [5, 5.41) is 8.60. The lowest BCUT2D eigenvalue weighted by atomic mass is 10.3. The van der Waals surface area contributed by atoms with Gasteiger partial charge in [0.2, 0.25) is 0 Å². The first-order valence-corrected chi connectivity index (χ1v) is 3.71. The van der Waals surface area contributed by atoms with Crippen LogP contribution < -0.4 is 5.73 Å². The summed E-state index contributed by atoms with van der Waals surface area (Å²) in [6.45, 7) is -0.499. The van der Waals surface area contributed by atoms with Gasteiger partial charge in [0.15, 0.2) is 0 Å². The lowest BCUT2D eigenvalue weighted by Crippen LogP contribution is -2.20. The van der Waals surface area contributed by atoms with Gasteiger partial charge in [-0.3, -0.25) is 0 Å². The fourth-order valence-corrected chi connectivity index (χ4v) is 0.792. The summed E-state index contributed by atoms with van der Waals surface area (Å²) in [5.74, 6) is -0.220. The van der Waals surface area contributed by atoms with Gasteiger partial charge in [0.05, 0.1) is 12.6 Å². The lowest BCUT2D eigenvalue weighted by Gasteiger charge is -2.09. The second-order valence-corrected chi connectivity index (χ2v) is 2.59. The summed E-state index contributed by atoms with van der Waals surface area (Å²) in [5.41, 5.74) is 4.20. The molecule has 0 aliphatic heterocycles. The van der Waals surface area contributed by atoms with E-state index in [-0.39, 0.29) is 5.82 Å². The Bertz CT molecular complexity index is 315. The minimum absolute atomic E-state index is 0.220. The molecule has 0 aliphatic carbocycles. The molecule has 7 heteroatoms. The molecule has 0 saturated heterocycles. The molecule has 3 N–H and O–H groups in total. The third-order valence-electron chi connectivity index (χ3n) is 1.49. The van der Waals surface area contributed by atoms with Crippen molar-refractivity contribution in [3.05, 3.63) is 23.8 Å². The molecule has 0 saturated carbocycles. The predicted octanol–water partition coefficient (Wildman–Crippen LogP) is 0.487. The molecular weight excluding hydrogens is 199 g/mol. The maximum atomic E-state index is 12.1. The lowest BCUT2D eigenvalue weighted by molar-refractivity contribution is -0.141. The molecule has 0 amide bonds. The monoisotopic (exact) mass is 207 g/mol. The first-order chi connectivity index (χ1) is 6.45. The van der Waals surface area contributed by atoms with Crippen molar-refractivity contribution in [1.82, 2.24) is 9.97 Å². The normalized spacial score (nSPS) is 14.1. The van der Waals surface area contributed by atoms with Crippen LogP contribution in [0, 0.1) is 0 Å². The highest BCUT2D eigenvalue weighted by Crippen LogP contribution is 2.27. The highest BCUT2D eigenvalue weighted by molar-refractivity contribution is 5.07. The van der Waals surface area contributed by atoms with Crippen molar-refractivity contribution in [2.24, 2.45) is 5.73 Å². The molecule has 1 unspecified atom stereocenters. The Balaban J connectivity index is 3.01. The molecule has 1 aromatic heterocycles. The number of aliphatic hydroxyl groups excluding tert-OH is 1. The average Bonchev–Trinajstić information content (AvgIpc) is 2.15. The van der Waals surface area contributed by atoms with Crippen LogP contribution in [0.3, 0.4) is 0 Å². The Morgan fingerprint density at radius 2 is 2.14 bits per heavy atom. The zero-order chi connectivity index (χ0) is 10.8. The average molecular weight is 207 g/mol. The zero-order valence-corrected chi connectivity index (χ0v) is 6.99. The van der Waals surface area contributed by atoms with Crippen molar-refractivity contribution in [2.45, 2.75) is 12.2 Å². The van der Waals surface area contributed by atoms with Crippen LogP contribution in [0.1, 0.15) is 17.6 Å². The van der Waals surface area contributed by atoms with Gasteiger partial charge in [-0.1, -0.05) is 0 Å². The summed E-state index contributed by atoms with van der Waals surface area (Å²) in [6.07, 6.45) is -3.56. The minimum atomic E-state index is -4.52. The molecule has 1 aromatic rings. The number of hydrogen-bond donors (Lipinski definition) is 2. The summed E-state index contributed by atoms with van der Waals surface area (Å²) >= 11 is 0. The van der Waals surface area contributed by atoms with Crippen molar-refractivity contribution in [2.75, 3.05) is 6.61 Å². The molecule has 0 bridgehead atoms. The molecule has 1 heterocycles. The number of halogens is 3. The standard InChI is InChI=1S/C7H8F3N3O/c8-7(9,10)5-1-2-12-6(13-5)4(11)3-14/h1-2,4,14H,3,11H2. The van der Waals surface area contributed by atoms with Gasteiger partial charge in [0.25, 0.3) is 0 Å². The van der Waals surface area contributed by atoms with Gasteiger partial charge in [-0.05, 0) is 6.07 Å². The number of aliphatic hydroxyl groups is 1. The van der Waals surface area contributed by atoms with Crippen molar-refractivity contribution < 1.29 is 18.3 Å². The molecule has 0 aromatic carbocycles. The molecule has 14 heavy (non-hydrogen) atoms. The molecule has 4 nitrogen and oxygen atoms in total. The van der Waals surface area contributed by atoms with E-state index in [1.165, 1.54) is 0 Å². The Labute approximate surface area is 77.6 Å². The van der Waals surface area contributed by atoms with Gasteiger partial charge < -0.3 is 10.8 Å². The van der Waals surface area contributed by atoms with Gasteiger partial charge in [0, 0.05) is 6.20 Å². The van der Waals surface area contributed by atoms with Crippen LogP contribution in [0.2, 0.25) is 0 Å². The van der Waals surface area contributed by atoms with Gasteiger partial charge in [0.1, 0.15) is 11.5 Å². The number of alkyl halides is 3. The summed E-state index contributed by atoms with van der Waals surface area (Å²) in [4.78, 5) is 6.72. The van der Waals surface area contributed by atoms with Crippen LogP contribution in [-0.4, -0.2) is 21.7 Å². The molecule has 0 aliphatic rings. The zero-order valence-electron chi connectivity index (χ0n) is 6.99. The van der Waals surface area contributed by atoms with Crippen molar-refractivity contribution in [3.63, 3.8) is 0 Å². The van der Waals surface area contributed by atoms with E-state index in [0.717, 1.165) is 12.3 Å². The smallest absolute Gasteiger partial charge is 0.394 e. The van der Waals surface area contributed by atoms with Crippen LogP contribution in [0.15, 0.2) is 12.3 Å². The van der Waals surface area contributed by atoms with Crippen LogP contribution in [0.4, 0.5) is 13.2 Å². The van der Waals surface area contributed by atoms with E-state index in [4.69, 9.17) is 10.8 Å². The Morgan fingerprint density at radius 3 is 2.64 bits per heavy atom. The Morgan fingerprint density at radius 1 is 1.50 bits per heavy atom. The van der Waals surface area contributed by atoms with Crippen LogP contribution in [0.5, 0.6) is 0 Å². The van der Waals surface area contributed by atoms with E-state index in [1.807, 2.05) is 0 Å². The summed E-state index contributed by atoms with van der Waals surface area (Å²) in [7, 11) is 0.